The number of nitrogens with zero attached hydrogens (tertiary/aromatic N) is 1. The number of halogens is 3. The van der Waals surface area contributed by atoms with Gasteiger partial charge in [0.2, 0.25) is 0 Å². The number of alkyl halides is 3. The summed E-state index contributed by atoms with van der Waals surface area (Å²) < 4.78 is 59.6. The first-order chi connectivity index (χ1) is 7.74. The second-order valence-electron chi connectivity index (χ2n) is 3.10. The molecule has 0 radical (unpaired) electrons. The molecule has 0 saturated heterocycles. The van der Waals surface area contributed by atoms with Gasteiger partial charge in [-0.3, -0.25) is 0 Å². The first-order valence-corrected chi connectivity index (χ1v) is 5.85. The molecule has 1 rings (SSSR count). The molecule has 1 aromatic rings. The first-order valence-electron chi connectivity index (χ1n) is 4.37. The van der Waals surface area contributed by atoms with Gasteiger partial charge in [0.15, 0.2) is 5.03 Å². The molecule has 0 aromatic carbocycles. The summed E-state index contributed by atoms with van der Waals surface area (Å²) in [6.45, 7) is -1.98. The number of rotatable bonds is 4. The molecular weight excluding hydrogens is 261 g/mol. The number of aliphatic hydroxyl groups excluding tert-OH is 1. The summed E-state index contributed by atoms with van der Waals surface area (Å²) in [7, 11) is -4.28. The third-order valence-corrected chi connectivity index (χ3v) is 3.03. The largest absolute Gasteiger partial charge is 0.402 e. The van der Waals surface area contributed by atoms with E-state index in [1.54, 1.807) is 0 Å². The van der Waals surface area contributed by atoms with Crippen molar-refractivity contribution in [2.24, 2.45) is 0 Å². The maximum atomic E-state index is 11.8. The SMILES string of the molecule is O=S(=O)(NCC(F)(F)F)c1ccc(CO)cn1. The molecule has 0 unspecified atom stereocenters. The third kappa shape index (κ3) is 4.29. The number of aromatic nitrogens is 1. The Morgan fingerprint density at radius 3 is 2.41 bits per heavy atom. The molecule has 2 N–H and O–H groups in total. The van der Waals surface area contributed by atoms with Gasteiger partial charge in [0.05, 0.1) is 6.61 Å². The second kappa shape index (κ2) is 4.98. The summed E-state index contributed by atoms with van der Waals surface area (Å²) in [5, 5.41) is 8.16. The summed E-state index contributed by atoms with van der Waals surface area (Å²) in [4.78, 5) is 3.44. The number of hydrogen-bond donors (Lipinski definition) is 2. The number of sulfonamides is 1. The van der Waals surface area contributed by atoms with Crippen molar-refractivity contribution in [3.8, 4) is 0 Å². The number of pyridine rings is 1. The van der Waals surface area contributed by atoms with Crippen molar-refractivity contribution in [1.82, 2.24) is 9.71 Å². The molecule has 0 spiro atoms. The van der Waals surface area contributed by atoms with E-state index in [0.717, 1.165) is 12.3 Å². The van der Waals surface area contributed by atoms with Crippen LogP contribution in [-0.4, -0.2) is 31.2 Å². The molecule has 17 heavy (non-hydrogen) atoms. The van der Waals surface area contributed by atoms with E-state index >= 15 is 0 Å². The minimum atomic E-state index is -4.63. The molecule has 96 valence electrons. The summed E-state index contributed by atoms with van der Waals surface area (Å²) in [6.07, 6.45) is -3.56. The van der Waals surface area contributed by atoms with Crippen molar-refractivity contribution >= 4 is 10.0 Å². The Morgan fingerprint density at radius 2 is 2.00 bits per heavy atom. The van der Waals surface area contributed by atoms with Gasteiger partial charge in [0, 0.05) is 6.20 Å². The summed E-state index contributed by atoms with van der Waals surface area (Å²) >= 11 is 0. The van der Waals surface area contributed by atoms with E-state index < -0.39 is 27.8 Å². The molecule has 9 heteroatoms. The Labute approximate surface area is 95.3 Å². The smallest absolute Gasteiger partial charge is 0.392 e. The Balaban J connectivity index is 2.82. The van der Waals surface area contributed by atoms with Crippen LogP contribution in [-0.2, 0) is 16.6 Å². The van der Waals surface area contributed by atoms with Gasteiger partial charge in [-0.15, -0.1) is 0 Å². The fourth-order valence-electron chi connectivity index (χ4n) is 0.914. The summed E-state index contributed by atoms with van der Waals surface area (Å²) in [6, 6.07) is 2.28. The van der Waals surface area contributed by atoms with Gasteiger partial charge in [-0.1, -0.05) is 6.07 Å². The van der Waals surface area contributed by atoms with E-state index in [0.29, 0.717) is 5.56 Å². The van der Waals surface area contributed by atoms with Crippen LogP contribution in [0, 0.1) is 0 Å². The molecule has 1 aromatic heterocycles. The van der Waals surface area contributed by atoms with Gasteiger partial charge < -0.3 is 5.11 Å². The maximum Gasteiger partial charge on any atom is 0.402 e. The predicted octanol–water partition coefficient (Wildman–Crippen LogP) is 0.415. The first kappa shape index (κ1) is 13.9. The van der Waals surface area contributed by atoms with Crippen molar-refractivity contribution in [3.63, 3.8) is 0 Å². The Morgan fingerprint density at radius 1 is 1.35 bits per heavy atom. The molecule has 0 bridgehead atoms. The van der Waals surface area contributed by atoms with Crippen LogP contribution in [0.4, 0.5) is 13.2 Å². The van der Waals surface area contributed by atoms with Gasteiger partial charge in [0.1, 0.15) is 6.54 Å². The monoisotopic (exact) mass is 270 g/mol. The highest BCUT2D eigenvalue weighted by molar-refractivity contribution is 7.89. The van der Waals surface area contributed by atoms with Crippen molar-refractivity contribution in [2.75, 3.05) is 6.54 Å². The molecule has 0 aliphatic heterocycles. The van der Waals surface area contributed by atoms with Crippen LogP contribution in [0.5, 0.6) is 0 Å². The van der Waals surface area contributed by atoms with Gasteiger partial charge in [-0.25, -0.2) is 18.1 Å². The summed E-state index contributed by atoms with van der Waals surface area (Å²) in [5.74, 6) is 0. The van der Waals surface area contributed by atoms with Crippen LogP contribution in [0.15, 0.2) is 23.4 Å². The van der Waals surface area contributed by atoms with Gasteiger partial charge in [0.25, 0.3) is 10.0 Å². The van der Waals surface area contributed by atoms with Crippen LogP contribution in [0.25, 0.3) is 0 Å². The highest BCUT2D eigenvalue weighted by atomic mass is 32.2. The fraction of sp³-hybridized carbons (Fsp3) is 0.375. The van der Waals surface area contributed by atoms with Crippen LogP contribution >= 0.6 is 0 Å². The molecule has 0 atom stereocenters. The zero-order valence-corrected chi connectivity index (χ0v) is 9.22. The predicted molar refractivity (Wildman–Crippen MR) is 51.4 cm³/mol. The second-order valence-corrected chi connectivity index (χ2v) is 4.82. The molecule has 0 aliphatic carbocycles. The van der Waals surface area contributed by atoms with E-state index in [-0.39, 0.29) is 6.61 Å². The van der Waals surface area contributed by atoms with Crippen LogP contribution in [0.1, 0.15) is 5.56 Å². The quantitative estimate of drug-likeness (QED) is 0.830. The molecule has 0 fully saturated rings. The Kier molecular flexibility index (Phi) is 4.07. The lowest BCUT2D eigenvalue weighted by molar-refractivity contribution is -0.121. The van der Waals surface area contributed by atoms with Crippen molar-refractivity contribution < 1.29 is 26.7 Å². The van der Waals surface area contributed by atoms with E-state index in [4.69, 9.17) is 5.11 Å². The standard InChI is InChI=1S/C8H9F3N2O3S/c9-8(10,11)5-13-17(15,16)7-2-1-6(4-14)3-12-7/h1-3,13-14H,4-5H2. The number of nitrogens with one attached hydrogen (secondary N) is 1. The average molecular weight is 270 g/mol. The molecule has 0 aliphatic rings. The highest BCUT2D eigenvalue weighted by Gasteiger charge is 2.30. The minimum absolute atomic E-state index is 0.330. The van der Waals surface area contributed by atoms with Gasteiger partial charge in [-0.2, -0.15) is 13.2 Å². The van der Waals surface area contributed by atoms with E-state index in [1.807, 2.05) is 0 Å². The lowest BCUT2D eigenvalue weighted by Gasteiger charge is -2.08. The number of aliphatic hydroxyl groups is 1. The molecule has 0 saturated carbocycles. The molecule has 5 nitrogen and oxygen atoms in total. The van der Waals surface area contributed by atoms with Gasteiger partial charge >= 0.3 is 6.18 Å². The molecule has 0 amide bonds. The van der Waals surface area contributed by atoms with Crippen molar-refractivity contribution in [3.05, 3.63) is 23.9 Å². The highest BCUT2D eigenvalue weighted by Crippen LogP contribution is 2.14. The third-order valence-electron chi connectivity index (χ3n) is 1.72. The van der Waals surface area contributed by atoms with E-state index in [1.165, 1.54) is 10.8 Å². The topological polar surface area (TPSA) is 79.3 Å². The molecule has 1 heterocycles. The lowest BCUT2D eigenvalue weighted by atomic mass is 10.3. The van der Waals surface area contributed by atoms with Crippen LogP contribution in [0.2, 0.25) is 0 Å². The molecular formula is C8H9F3N2O3S. The van der Waals surface area contributed by atoms with Crippen LogP contribution in [0.3, 0.4) is 0 Å². The van der Waals surface area contributed by atoms with Gasteiger partial charge in [-0.05, 0) is 11.6 Å². The normalized spacial score (nSPS) is 12.7. The van der Waals surface area contributed by atoms with Crippen LogP contribution < -0.4 is 4.72 Å². The number of hydrogen-bond acceptors (Lipinski definition) is 4. The van der Waals surface area contributed by atoms with Crippen molar-refractivity contribution in [2.45, 2.75) is 17.8 Å². The van der Waals surface area contributed by atoms with E-state index in [2.05, 4.69) is 4.98 Å². The van der Waals surface area contributed by atoms with Crippen molar-refractivity contribution in [1.29, 1.82) is 0 Å². The zero-order chi connectivity index (χ0) is 13.1. The fourth-order valence-corrected chi connectivity index (χ4v) is 1.85. The zero-order valence-electron chi connectivity index (χ0n) is 8.40. The Bertz CT molecular complexity index is 470. The summed E-state index contributed by atoms with van der Waals surface area (Å²) in [5.41, 5.74) is 0.361. The Hall–Kier alpha value is -1.19. The maximum absolute atomic E-state index is 11.8. The minimum Gasteiger partial charge on any atom is -0.392 e. The average Bonchev–Trinajstić information content (AvgIpc) is 2.26. The lowest BCUT2D eigenvalue weighted by Crippen LogP contribution is -2.34. The van der Waals surface area contributed by atoms with E-state index in [9.17, 15) is 21.6 Å².